The Hall–Kier alpha value is -1.75. The van der Waals surface area contributed by atoms with Crippen molar-refractivity contribution in [1.29, 1.82) is 0 Å². The summed E-state index contributed by atoms with van der Waals surface area (Å²) >= 11 is 0. The van der Waals surface area contributed by atoms with Gasteiger partial charge in [-0.3, -0.25) is 9.80 Å². The number of benzene rings is 1. The first-order valence-corrected chi connectivity index (χ1v) is 9.82. The smallest absolute Gasteiger partial charge is 0.416 e. The molecule has 0 atom stereocenters. The molecule has 1 aromatic carbocycles. The number of ether oxygens (including phenoxy) is 2. The predicted octanol–water partition coefficient (Wildman–Crippen LogP) is 4.69. The fourth-order valence-electron chi connectivity index (χ4n) is 3.21. The van der Waals surface area contributed by atoms with E-state index in [4.69, 9.17) is 9.47 Å². The maximum Gasteiger partial charge on any atom is 0.416 e. The van der Waals surface area contributed by atoms with Gasteiger partial charge in [0.2, 0.25) is 0 Å². The number of nitrogens with zero attached hydrogens (tertiary/aromatic N) is 2. The number of carbonyl (C=O) groups excluding carboxylic acids is 1. The molecule has 1 aromatic rings. The minimum absolute atomic E-state index is 0.256. The molecule has 0 fully saturated rings. The first-order chi connectivity index (χ1) is 12.4. The van der Waals surface area contributed by atoms with E-state index in [1.807, 2.05) is 26.0 Å². The van der Waals surface area contributed by atoms with Gasteiger partial charge >= 0.3 is 6.09 Å². The third kappa shape index (κ3) is 5.63. The van der Waals surface area contributed by atoms with Crippen molar-refractivity contribution in [3.05, 3.63) is 23.8 Å². The van der Waals surface area contributed by atoms with Gasteiger partial charge in [0.25, 0.3) is 0 Å². The Morgan fingerprint density at radius 2 is 1.85 bits per heavy atom. The summed E-state index contributed by atoms with van der Waals surface area (Å²) in [6.07, 6.45) is 5.07. The van der Waals surface area contributed by atoms with E-state index in [0.29, 0.717) is 18.2 Å². The molecule has 1 aliphatic heterocycles. The van der Waals surface area contributed by atoms with Crippen molar-refractivity contribution in [1.82, 2.24) is 9.80 Å². The fourth-order valence-corrected chi connectivity index (χ4v) is 3.21. The van der Waals surface area contributed by atoms with Crippen LogP contribution < -0.4 is 9.47 Å². The third-order valence-corrected chi connectivity index (χ3v) is 4.63. The Kier molecular flexibility index (Phi) is 7.33. The highest BCUT2D eigenvalue weighted by Crippen LogP contribution is 2.41. The molecule has 1 aliphatic rings. The van der Waals surface area contributed by atoms with Crippen LogP contribution in [0.1, 0.15) is 58.9 Å². The van der Waals surface area contributed by atoms with Crippen molar-refractivity contribution in [3.8, 4) is 11.5 Å². The lowest BCUT2D eigenvalue weighted by molar-refractivity contribution is 0.113. The molecule has 1 amide bonds. The molecule has 0 aromatic heterocycles. The van der Waals surface area contributed by atoms with Crippen molar-refractivity contribution in [2.75, 3.05) is 26.8 Å². The molecule has 5 nitrogen and oxygen atoms in total. The summed E-state index contributed by atoms with van der Waals surface area (Å²) in [6, 6.07) is 5.75. The summed E-state index contributed by atoms with van der Waals surface area (Å²) in [5.74, 6) is 1.21. The van der Waals surface area contributed by atoms with Crippen LogP contribution >= 0.6 is 0 Å². The predicted molar refractivity (Wildman–Crippen MR) is 105 cm³/mol. The van der Waals surface area contributed by atoms with Gasteiger partial charge in [-0.2, -0.15) is 0 Å². The molecule has 0 bridgehead atoms. The minimum Gasteiger partial charge on any atom is -0.483 e. The van der Waals surface area contributed by atoms with E-state index in [2.05, 4.69) is 18.7 Å². The lowest BCUT2D eigenvalue weighted by Crippen LogP contribution is -2.41. The summed E-state index contributed by atoms with van der Waals surface area (Å²) in [4.78, 5) is 16.5. The normalized spacial score (nSPS) is 14.8. The van der Waals surface area contributed by atoms with Gasteiger partial charge in [-0.1, -0.05) is 38.8 Å². The topological polar surface area (TPSA) is 42.0 Å². The Labute approximate surface area is 158 Å². The number of hydrogen-bond donors (Lipinski definition) is 0. The van der Waals surface area contributed by atoms with Crippen LogP contribution in [0.25, 0.3) is 0 Å². The van der Waals surface area contributed by atoms with E-state index < -0.39 is 0 Å². The van der Waals surface area contributed by atoms with Crippen molar-refractivity contribution in [3.63, 3.8) is 0 Å². The maximum atomic E-state index is 12.6. The Balaban J connectivity index is 1.98. The first-order valence-electron chi connectivity index (χ1n) is 9.82. The summed E-state index contributed by atoms with van der Waals surface area (Å²) in [5.41, 5.74) is 0.837. The van der Waals surface area contributed by atoms with E-state index in [9.17, 15) is 4.79 Å². The molecule has 0 saturated heterocycles. The zero-order chi connectivity index (χ0) is 19.2. The van der Waals surface area contributed by atoms with Crippen LogP contribution in [0.4, 0.5) is 4.79 Å². The lowest BCUT2D eigenvalue weighted by atomic mass is 10.0. The average molecular weight is 363 g/mol. The van der Waals surface area contributed by atoms with Gasteiger partial charge in [-0.15, -0.1) is 0 Å². The second-order valence-electron chi connectivity index (χ2n) is 7.82. The second-order valence-corrected chi connectivity index (χ2v) is 7.82. The summed E-state index contributed by atoms with van der Waals surface area (Å²) in [5, 5.41) is 0. The molecular formula is C21H34N2O3. The van der Waals surface area contributed by atoms with Gasteiger partial charge in [0.1, 0.15) is 5.60 Å². The quantitative estimate of drug-likeness (QED) is 0.598. The van der Waals surface area contributed by atoms with Crippen LogP contribution in [0.15, 0.2) is 18.2 Å². The number of fused-ring (bicyclic) bond motifs is 1. The summed E-state index contributed by atoms with van der Waals surface area (Å²) in [7, 11) is 1.79. The van der Waals surface area contributed by atoms with Gasteiger partial charge < -0.3 is 9.47 Å². The van der Waals surface area contributed by atoms with Crippen LogP contribution in [-0.2, 0) is 6.42 Å². The highest BCUT2D eigenvalue weighted by atomic mass is 16.6. The standard InChI is InChI=1S/C21H34N2O3/c1-6-8-13-23(14-9-7-2)16-22(5)20(24)25-18-12-10-11-17-15-21(3,4)26-19(17)18/h10-12H,6-9,13-16H2,1-5H3. The molecule has 0 spiro atoms. The van der Waals surface area contributed by atoms with Gasteiger partial charge in [0.05, 0.1) is 6.67 Å². The average Bonchev–Trinajstić information content (AvgIpc) is 2.92. The van der Waals surface area contributed by atoms with E-state index >= 15 is 0 Å². The summed E-state index contributed by atoms with van der Waals surface area (Å²) < 4.78 is 11.6. The molecule has 0 radical (unpaired) electrons. The van der Waals surface area contributed by atoms with Gasteiger partial charge in [-0.05, 0) is 45.8 Å². The zero-order valence-corrected chi connectivity index (χ0v) is 17.0. The number of rotatable bonds is 9. The number of para-hydroxylation sites is 1. The second kappa shape index (κ2) is 9.26. The number of amides is 1. The molecule has 5 heteroatoms. The van der Waals surface area contributed by atoms with E-state index in [0.717, 1.165) is 50.8 Å². The van der Waals surface area contributed by atoms with Crippen molar-refractivity contribution >= 4 is 6.09 Å². The maximum absolute atomic E-state index is 12.6. The van der Waals surface area contributed by atoms with Crippen LogP contribution in [0.5, 0.6) is 11.5 Å². The summed E-state index contributed by atoms with van der Waals surface area (Å²) in [6.45, 7) is 11.1. The SMILES string of the molecule is CCCCN(CCCC)CN(C)C(=O)Oc1cccc2c1OC(C)(C)C2. The highest BCUT2D eigenvalue weighted by Gasteiger charge is 2.33. The van der Waals surface area contributed by atoms with Crippen molar-refractivity contribution in [2.45, 2.75) is 65.4 Å². The molecule has 0 saturated carbocycles. The molecule has 1 heterocycles. The number of unbranched alkanes of at least 4 members (excludes halogenated alkanes) is 2. The van der Waals surface area contributed by atoms with Crippen LogP contribution in [0, 0.1) is 0 Å². The molecular weight excluding hydrogens is 328 g/mol. The van der Waals surface area contributed by atoms with Crippen LogP contribution in [0.3, 0.4) is 0 Å². The Morgan fingerprint density at radius 3 is 2.46 bits per heavy atom. The van der Waals surface area contributed by atoms with Crippen molar-refractivity contribution < 1.29 is 14.3 Å². The number of hydrogen-bond acceptors (Lipinski definition) is 4. The molecule has 0 unspecified atom stereocenters. The van der Waals surface area contributed by atoms with Crippen LogP contribution in [0.2, 0.25) is 0 Å². The Morgan fingerprint density at radius 1 is 1.19 bits per heavy atom. The molecule has 0 aliphatic carbocycles. The minimum atomic E-state index is -0.343. The van der Waals surface area contributed by atoms with E-state index in [-0.39, 0.29) is 11.7 Å². The van der Waals surface area contributed by atoms with Crippen molar-refractivity contribution in [2.24, 2.45) is 0 Å². The molecule has 0 N–H and O–H groups in total. The molecule has 2 rings (SSSR count). The van der Waals surface area contributed by atoms with Crippen LogP contribution in [-0.4, -0.2) is 48.3 Å². The largest absolute Gasteiger partial charge is 0.483 e. The van der Waals surface area contributed by atoms with Gasteiger partial charge in [0, 0.05) is 19.0 Å². The van der Waals surface area contributed by atoms with E-state index in [1.54, 1.807) is 18.0 Å². The van der Waals surface area contributed by atoms with E-state index in [1.165, 1.54) is 0 Å². The molecule has 26 heavy (non-hydrogen) atoms. The van der Waals surface area contributed by atoms with Gasteiger partial charge in [0.15, 0.2) is 11.5 Å². The third-order valence-electron chi connectivity index (χ3n) is 4.63. The van der Waals surface area contributed by atoms with Gasteiger partial charge in [-0.25, -0.2) is 4.79 Å². The first kappa shape index (κ1) is 20.6. The fraction of sp³-hybridized carbons (Fsp3) is 0.667. The number of carbonyl (C=O) groups is 1. The highest BCUT2D eigenvalue weighted by molar-refractivity contribution is 5.72. The lowest BCUT2D eigenvalue weighted by Gasteiger charge is -2.27. The monoisotopic (exact) mass is 362 g/mol. The Bertz CT molecular complexity index is 593. The zero-order valence-electron chi connectivity index (χ0n) is 17.0. The molecule has 146 valence electrons.